The predicted molar refractivity (Wildman–Crippen MR) is 144 cm³/mol. The Labute approximate surface area is 223 Å². The third kappa shape index (κ3) is 9.35. The molecule has 2 aromatic carbocycles. The molecule has 183 valence electrons. The van der Waals surface area contributed by atoms with Gasteiger partial charge in [-0.15, -0.1) is 0 Å². The molecule has 2 aromatic rings. The van der Waals surface area contributed by atoms with Gasteiger partial charge in [0.1, 0.15) is 23.0 Å². The Morgan fingerprint density at radius 2 is 1.38 bits per heavy atom. The molecule has 1 unspecified atom stereocenters. The van der Waals surface area contributed by atoms with Crippen LogP contribution >= 0.6 is 20.2 Å². The van der Waals surface area contributed by atoms with Gasteiger partial charge in [0.05, 0.1) is 42.8 Å². The monoisotopic (exact) mass is 501 g/mol. The van der Waals surface area contributed by atoms with E-state index in [0.29, 0.717) is 53.4 Å². The Hall–Kier alpha value is -1.37. The van der Waals surface area contributed by atoms with Crippen LogP contribution in [0.3, 0.4) is 0 Å². The normalized spacial score (nSPS) is 10.7. The van der Waals surface area contributed by atoms with Gasteiger partial charge in [-0.1, -0.05) is 57.7 Å². The minimum absolute atomic E-state index is 0. The van der Waals surface area contributed by atoms with Gasteiger partial charge < -0.3 is 18.9 Å². The van der Waals surface area contributed by atoms with E-state index in [2.05, 4.69) is 20.8 Å². The summed E-state index contributed by atoms with van der Waals surface area (Å²) in [4.78, 5) is 13.4. The van der Waals surface area contributed by atoms with Gasteiger partial charge in [-0.05, 0) is 40.0 Å². The van der Waals surface area contributed by atoms with Gasteiger partial charge in [0.2, 0.25) is 0 Å². The second kappa shape index (κ2) is 17.1. The van der Waals surface area contributed by atoms with Gasteiger partial charge >= 0.3 is 0 Å². The second-order valence-corrected chi connectivity index (χ2v) is 9.28. The molecule has 8 heteroatoms. The summed E-state index contributed by atoms with van der Waals surface area (Å²) < 4.78 is 23.6. The van der Waals surface area contributed by atoms with Gasteiger partial charge in [0.25, 0.3) is 0 Å². The number of carbonyl (C=O) groups excluding carboxylic acids is 1. The van der Waals surface area contributed by atoms with Gasteiger partial charge in [0, 0.05) is 31.0 Å². The smallest absolute Gasteiger partial charge is 0.191 e. The molecule has 0 amide bonds. The van der Waals surface area contributed by atoms with Gasteiger partial charge in [0.15, 0.2) is 5.52 Å². The van der Waals surface area contributed by atoms with Gasteiger partial charge in [-0.2, -0.15) is 0 Å². The number of ether oxygens (including phenoxy) is 4. The van der Waals surface area contributed by atoms with Gasteiger partial charge in [-0.25, -0.2) is 0 Å². The fourth-order valence-corrected chi connectivity index (χ4v) is 4.53. The third-order valence-corrected chi connectivity index (χ3v) is 6.51. The second-order valence-electron chi connectivity index (χ2n) is 7.67. The molecule has 0 spiro atoms. The molecule has 2 rings (SSSR count). The number of carbonyl (C=O) groups is 1. The maximum Gasteiger partial charge on any atom is 0.191 e. The molecule has 0 saturated heterocycles. The van der Waals surface area contributed by atoms with Crippen molar-refractivity contribution in [1.29, 1.82) is 0 Å². The van der Waals surface area contributed by atoms with Crippen LogP contribution in [0, 0.1) is 0 Å². The maximum absolute atomic E-state index is 13.4. The van der Waals surface area contributed by atoms with E-state index in [9.17, 15) is 4.79 Å². The van der Waals surface area contributed by atoms with Crippen LogP contribution in [-0.2, 0) is 0 Å². The fraction of sp³-hybridized carbons (Fsp3) is 0.500. The van der Waals surface area contributed by atoms with Crippen LogP contribution in [0.15, 0.2) is 30.3 Å². The van der Waals surface area contributed by atoms with Crippen LogP contribution in [0.1, 0.15) is 69.7 Å². The summed E-state index contributed by atoms with van der Waals surface area (Å²) in [5, 5.41) is 1.10. The van der Waals surface area contributed by atoms with E-state index in [4.69, 9.17) is 30.5 Å². The Morgan fingerprint density at radius 1 is 0.853 bits per heavy atom. The molecule has 0 bridgehead atoms. The number of hydrogen-bond donors (Lipinski definition) is 0. The van der Waals surface area contributed by atoms with Crippen molar-refractivity contribution >= 4 is 49.9 Å². The van der Waals surface area contributed by atoms with E-state index in [1.54, 1.807) is 18.2 Å². The molecule has 0 fully saturated rings. The van der Waals surface area contributed by atoms with Crippen LogP contribution in [-0.4, -0.2) is 51.3 Å². The summed E-state index contributed by atoms with van der Waals surface area (Å²) in [5.41, 5.74) is 0.250. The van der Waals surface area contributed by atoms with Crippen molar-refractivity contribution in [2.24, 2.45) is 0 Å². The molecule has 0 saturated carbocycles. The number of halogens is 1. The van der Waals surface area contributed by atoms with Gasteiger partial charge in [-0.3, -0.25) is 4.79 Å². The van der Waals surface area contributed by atoms with E-state index in [1.807, 2.05) is 12.1 Å². The zero-order valence-electron chi connectivity index (χ0n) is 21.2. The minimum Gasteiger partial charge on any atom is -0.496 e. The number of hydrogen-bond acceptors (Lipinski definition) is 5. The maximum atomic E-state index is 13.4. The number of rotatable bonds is 16. The summed E-state index contributed by atoms with van der Waals surface area (Å²) in [7, 11) is 1.30. The van der Waals surface area contributed by atoms with Crippen LogP contribution in [0.25, 0.3) is 0 Å². The topological polar surface area (TPSA) is 54.0 Å². The van der Waals surface area contributed by atoms with Crippen molar-refractivity contribution in [3.63, 3.8) is 0 Å². The molecule has 0 N–H and O–H groups in total. The van der Waals surface area contributed by atoms with Crippen LogP contribution in [0.4, 0.5) is 0 Å². The SMILES string of the molecule is CCCCOc1cc(OCCCC)c(PC(=O)c2c(Cl)cccc2OC)c(OCCCC)c1.[Li]. The Kier molecular flexibility index (Phi) is 15.4. The van der Waals surface area contributed by atoms with Crippen LogP contribution in [0.5, 0.6) is 23.0 Å². The van der Waals surface area contributed by atoms with Crippen LogP contribution in [0.2, 0.25) is 5.02 Å². The Morgan fingerprint density at radius 3 is 1.88 bits per heavy atom. The standard InChI is InChI=1S/C26H36ClO5P.Li/c1-5-8-14-30-19-17-22(31-15-9-6-2)25(23(18-19)32-16-10-7-3)33-26(28)24-20(27)12-11-13-21(24)29-4;/h11-13,17-18,33H,5-10,14-16H2,1-4H3;. The van der Waals surface area contributed by atoms with E-state index < -0.39 is 0 Å². The van der Waals surface area contributed by atoms with E-state index in [1.165, 1.54) is 7.11 Å². The summed E-state index contributed by atoms with van der Waals surface area (Å²) in [6.07, 6.45) is 5.88. The van der Waals surface area contributed by atoms with Crippen molar-refractivity contribution in [2.75, 3.05) is 26.9 Å². The molecule has 0 aliphatic heterocycles. The zero-order chi connectivity index (χ0) is 24.1. The number of unbranched alkanes of at least 4 members (excludes halogenated alkanes) is 3. The first-order valence-corrected chi connectivity index (χ1v) is 13.1. The predicted octanol–water partition coefficient (Wildman–Crippen LogP) is 6.65. The Balaban J connectivity index is 0.00000578. The molecule has 5 nitrogen and oxygen atoms in total. The molecule has 0 aliphatic rings. The third-order valence-electron chi connectivity index (χ3n) is 4.98. The molecule has 0 aromatic heterocycles. The van der Waals surface area contributed by atoms with Crippen molar-refractivity contribution in [3.05, 3.63) is 40.9 Å². The minimum atomic E-state index is -0.237. The largest absolute Gasteiger partial charge is 0.496 e. The fourth-order valence-electron chi connectivity index (χ4n) is 3.06. The van der Waals surface area contributed by atoms with E-state index >= 15 is 0 Å². The average molecular weight is 502 g/mol. The molecular formula is C26H36ClLiO5P. The number of methoxy groups -OCH3 is 1. The molecule has 0 heterocycles. The summed E-state index contributed by atoms with van der Waals surface area (Å²) in [6, 6.07) is 8.95. The van der Waals surface area contributed by atoms with Crippen molar-refractivity contribution < 1.29 is 23.7 Å². The van der Waals surface area contributed by atoms with Crippen molar-refractivity contribution in [2.45, 2.75) is 59.3 Å². The summed E-state index contributed by atoms with van der Waals surface area (Å²) in [5.74, 6) is 2.41. The zero-order valence-corrected chi connectivity index (χ0v) is 22.9. The molecule has 0 aliphatic carbocycles. The molecule has 1 radical (unpaired) electrons. The summed E-state index contributed by atoms with van der Waals surface area (Å²) >= 11 is 6.37. The molecule has 34 heavy (non-hydrogen) atoms. The molecule has 1 atom stereocenters. The van der Waals surface area contributed by atoms with E-state index in [-0.39, 0.29) is 33.0 Å². The average Bonchev–Trinajstić information content (AvgIpc) is 2.81. The first-order chi connectivity index (χ1) is 16.0. The Bertz CT molecular complexity index is 862. The van der Waals surface area contributed by atoms with Crippen molar-refractivity contribution in [3.8, 4) is 23.0 Å². The van der Waals surface area contributed by atoms with Crippen molar-refractivity contribution in [1.82, 2.24) is 0 Å². The molecular weight excluding hydrogens is 466 g/mol. The number of benzene rings is 2. The summed E-state index contributed by atoms with van der Waals surface area (Å²) in [6.45, 7) is 8.10. The van der Waals surface area contributed by atoms with Crippen LogP contribution < -0.4 is 24.3 Å². The quantitative estimate of drug-likeness (QED) is 0.146. The first-order valence-electron chi connectivity index (χ1n) is 11.8. The first kappa shape index (κ1) is 30.7. The van der Waals surface area contributed by atoms with E-state index in [0.717, 1.165) is 43.8 Å².